The average Bonchev–Trinajstić information content (AvgIpc) is 2.85. The Morgan fingerprint density at radius 1 is 1.20 bits per heavy atom. The van der Waals surface area contributed by atoms with Gasteiger partial charge < -0.3 is 4.74 Å². The first-order valence-corrected chi connectivity index (χ1v) is 6.71. The monoisotopic (exact) mass is 272 g/mol. The van der Waals surface area contributed by atoms with Crippen molar-refractivity contribution in [2.75, 3.05) is 0 Å². The highest BCUT2D eigenvalue weighted by molar-refractivity contribution is 5.39. The van der Waals surface area contributed by atoms with Crippen LogP contribution in [0.3, 0.4) is 0 Å². The number of carbonyl (C=O) groups excluding carboxylic acids is 1. The van der Waals surface area contributed by atoms with E-state index in [9.17, 15) is 4.79 Å². The molecule has 1 aromatic carbocycles. The minimum absolute atomic E-state index is 0.292. The summed E-state index contributed by atoms with van der Waals surface area (Å²) in [5, 5.41) is 15.2. The van der Waals surface area contributed by atoms with Crippen LogP contribution in [0.5, 0.6) is 0 Å². The van der Waals surface area contributed by atoms with Gasteiger partial charge in [0.2, 0.25) is 5.66 Å². The molecule has 1 fully saturated rings. The lowest BCUT2D eigenvalue weighted by atomic mass is 9.75. The van der Waals surface area contributed by atoms with Crippen molar-refractivity contribution in [2.45, 2.75) is 43.9 Å². The Kier molecular flexibility index (Phi) is 3.08. The first-order valence-electron chi connectivity index (χ1n) is 6.71. The Hall–Kier alpha value is -2.11. The molecule has 0 bridgehead atoms. The first-order chi connectivity index (χ1) is 9.66. The van der Waals surface area contributed by atoms with Crippen molar-refractivity contribution < 1.29 is 9.53 Å². The van der Waals surface area contributed by atoms with E-state index in [1.54, 1.807) is 0 Å². The molecule has 0 spiro atoms. The molecule has 1 heterocycles. The van der Waals surface area contributed by atoms with Crippen molar-refractivity contribution in [2.24, 2.45) is 20.7 Å². The maximum absolute atomic E-state index is 10.6. The lowest BCUT2D eigenvalue weighted by Crippen LogP contribution is -2.42. The molecule has 6 nitrogen and oxygen atoms in total. The third-order valence-electron chi connectivity index (χ3n) is 4.11. The molecule has 0 radical (unpaired) electrons. The van der Waals surface area contributed by atoms with E-state index in [2.05, 4.69) is 20.7 Å². The van der Waals surface area contributed by atoms with E-state index >= 15 is 0 Å². The predicted octanol–water partition coefficient (Wildman–Crippen LogP) is 3.33. The molecule has 6 heteroatoms. The Balaban J connectivity index is 1.75. The first kappa shape index (κ1) is 12.9. The summed E-state index contributed by atoms with van der Waals surface area (Å²) in [6.07, 6.45) is 3.75. The molecule has 1 aliphatic carbocycles. The molecule has 1 saturated carbocycles. The lowest BCUT2D eigenvalue weighted by Gasteiger charge is -2.40. The van der Waals surface area contributed by atoms with Crippen LogP contribution in [-0.2, 0) is 21.6 Å². The van der Waals surface area contributed by atoms with Gasteiger partial charge in [0.1, 0.15) is 5.60 Å². The highest BCUT2D eigenvalue weighted by atomic mass is 16.5. The summed E-state index contributed by atoms with van der Waals surface area (Å²) in [6.45, 7) is 2.43. The van der Waals surface area contributed by atoms with Crippen LogP contribution in [0, 0.1) is 0 Å². The second-order valence-corrected chi connectivity index (χ2v) is 5.52. The zero-order chi connectivity index (χ0) is 14.1. The number of nitrogens with zero attached hydrogens (tertiary/aromatic N) is 4. The van der Waals surface area contributed by atoms with Crippen LogP contribution in [0.1, 0.15) is 37.3 Å². The van der Waals surface area contributed by atoms with E-state index in [0.717, 1.165) is 36.8 Å². The minimum atomic E-state index is -0.702. The van der Waals surface area contributed by atoms with Crippen molar-refractivity contribution in [1.29, 1.82) is 0 Å². The van der Waals surface area contributed by atoms with Crippen LogP contribution >= 0.6 is 0 Å². The Morgan fingerprint density at radius 3 is 2.35 bits per heavy atom. The molecular weight excluding hydrogens is 256 g/mol. The number of benzene rings is 1. The van der Waals surface area contributed by atoms with E-state index < -0.39 is 5.66 Å². The van der Waals surface area contributed by atoms with Crippen molar-refractivity contribution in [1.82, 2.24) is 0 Å². The van der Waals surface area contributed by atoms with Gasteiger partial charge in [-0.25, -0.2) is 0 Å². The van der Waals surface area contributed by atoms with Gasteiger partial charge in [-0.05, 0) is 42.2 Å². The number of hydrogen-bond acceptors (Lipinski definition) is 6. The molecule has 3 rings (SSSR count). The zero-order valence-electron chi connectivity index (χ0n) is 11.3. The summed E-state index contributed by atoms with van der Waals surface area (Å²) in [5.74, 6) is 0. The predicted molar refractivity (Wildman–Crippen MR) is 70.9 cm³/mol. The van der Waals surface area contributed by atoms with Gasteiger partial charge in [0.05, 0.1) is 0 Å². The van der Waals surface area contributed by atoms with Crippen molar-refractivity contribution in [3.05, 3.63) is 35.4 Å². The van der Waals surface area contributed by atoms with E-state index in [1.165, 1.54) is 0 Å². The van der Waals surface area contributed by atoms with E-state index in [1.807, 2.05) is 31.2 Å². The number of hydrogen-bond donors (Lipinski definition) is 0. The Bertz CT molecular complexity index is 549. The standard InChI is InChI=1S/C14H16N4O2/c1-13(15-17-18-16-13)12-5-3-11(4-6-12)9-14(20-10-19)7-2-8-14/h3-6,10H,2,7-9H2,1H3. The highest BCUT2D eigenvalue weighted by Gasteiger charge is 2.39. The lowest BCUT2D eigenvalue weighted by molar-refractivity contribution is -0.152. The van der Waals surface area contributed by atoms with Gasteiger partial charge in [0.15, 0.2) is 0 Å². The molecule has 0 unspecified atom stereocenters. The summed E-state index contributed by atoms with van der Waals surface area (Å²) < 4.78 is 5.27. The largest absolute Gasteiger partial charge is 0.461 e. The Labute approximate surface area is 116 Å². The maximum Gasteiger partial charge on any atom is 0.293 e. The third-order valence-corrected chi connectivity index (χ3v) is 4.11. The van der Waals surface area contributed by atoms with Crippen molar-refractivity contribution in [3.63, 3.8) is 0 Å². The molecular formula is C14H16N4O2. The Morgan fingerprint density at radius 2 is 1.85 bits per heavy atom. The van der Waals surface area contributed by atoms with Crippen LogP contribution in [0.15, 0.2) is 44.9 Å². The zero-order valence-corrected chi connectivity index (χ0v) is 11.3. The van der Waals surface area contributed by atoms with Crippen LogP contribution in [0.25, 0.3) is 0 Å². The second kappa shape index (κ2) is 4.77. The quantitative estimate of drug-likeness (QED) is 0.771. The highest BCUT2D eigenvalue weighted by Crippen LogP contribution is 2.38. The SMILES string of the molecule is CC1(c2ccc(CC3(OC=O)CCC3)cc2)N=NN=N1. The van der Waals surface area contributed by atoms with Crippen LogP contribution in [-0.4, -0.2) is 12.1 Å². The fraction of sp³-hybridized carbons (Fsp3) is 0.500. The van der Waals surface area contributed by atoms with Crippen LogP contribution in [0.2, 0.25) is 0 Å². The molecule has 104 valence electrons. The van der Waals surface area contributed by atoms with Gasteiger partial charge in [-0.1, -0.05) is 24.3 Å². The number of carbonyl (C=O) groups is 1. The molecule has 0 amide bonds. The second-order valence-electron chi connectivity index (χ2n) is 5.52. The molecule has 0 saturated heterocycles. The van der Waals surface area contributed by atoms with E-state index in [4.69, 9.17) is 4.74 Å². The van der Waals surface area contributed by atoms with Gasteiger partial charge in [-0.3, -0.25) is 4.79 Å². The summed E-state index contributed by atoms with van der Waals surface area (Å²) in [7, 11) is 0. The molecule has 0 aromatic heterocycles. The van der Waals surface area contributed by atoms with Crippen LogP contribution in [0.4, 0.5) is 0 Å². The molecule has 1 aliphatic heterocycles. The van der Waals surface area contributed by atoms with E-state index in [-0.39, 0.29) is 5.60 Å². The summed E-state index contributed by atoms with van der Waals surface area (Å²) in [6, 6.07) is 8.01. The number of ether oxygens (including phenoxy) is 1. The normalized spacial score (nSPS) is 21.4. The fourth-order valence-corrected chi connectivity index (χ4v) is 2.67. The van der Waals surface area contributed by atoms with Gasteiger partial charge in [0.25, 0.3) is 6.47 Å². The van der Waals surface area contributed by atoms with Crippen molar-refractivity contribution in [3.8, 4) is 0 Å². The number of rotatable bonds is 5. The van der Waals surface area contributed by atoms with E-state index in [0.29, 0.717) is 6.47 Å². The fourth-order valence-electron chi connectivity index (χ4n) is 2.67. The minimum Gasteiger partial charge on any atom is -0.461 e. The molecule has 1 aromatic rings. The maximum atomic E-state index is 10.6. The molecule has 0 N–H and O–H groups in total. The third kappa shape index (κ3) is 2.21. The topological polar surface area (TPSA) is 75.7 Å². The molecule has 20 heavy (non-hydrogen) atoms. The van der Waals surface area contributed by atoms with Crippen LogP contribution < -0.4 is 0 Å². The summed E-state index contributed by atoms with van der Waals surface area (Å²) in [4.78, 5) is 10.6. The van der Waals surface area contributed by atoms with Gasteiger partial charge in [0, 0.05) is 12.0 Å². The van der Waals surface area contributed by atoms with Crippen molar-refractivity contribution >= 4 is 6.47 Å². The smallest absolute Gasteiger partial charge is 0.293 e. The molecule has 0 atom stereocenters. The van der Waals surface area contributed by atoms with Gasteiger partial charge in [-0.15, -0.1) is 10.2 Å². The van der Waals surface area contributed by atoms with Gasteiger partial charge in [-0.2, -0.15) is 0 Å². The molecule has 2 aliphatic rings. The average molecular weight is 272 g/mol. The summed E-state index contributed by atoms with van der Waals surface area (Å²) in [5.41, 5.74) is 1.10. The van der Waals surface area contributed by atoms with Gasteiger partial charge >= 0.3 is 0 Å². The summed E-state index contributed by atoms with van der Waals surface area (Å²) >= 11 is 0.